The van der Waals surface area contributed by atoms with Crippen molar-refractivity contribution in [3.63, 3.8) is 0 Å². The molecule has 4 aromatic rings. The van der Waals surface area contributed by atoms with E-state index in [0.717, 1.165) is 12.8 Å². The first-order valence-corrected chi connectivity index (χ1v) is 56.4. The Morgan fingerprint density at radius 3 is 0.348 bits per heavy atom. The molecular weight excluding hydrogens is 1470 g/mol. The molecule has 0 saturated carbocycles. The minimum Gasteiger partial charge on any atom is -0.396 e. The normalized spacial score (nSPS) is 11.9. The SMILES string of the molecule is CCCCCCCCCCCCCCCCSc1cc2c(cc1SCCCCCCCO)c1cc(SCCCCCCCCCCCCCCCC)c(SCCCCCCCCCCCCCCCC)cc1c1cc(SCCCCCCCCCCCCCCCC)c(SCCCCCCCCCCCCCCCC)cc21. The molecule has 0 aliphatic heterocycles. The Labute approximate surface area is 725 Å². The van der Waals surface area contributed by atoms with E-state index in [4.69, 9.17) is 0 Å². The zero-order valence-corrected chi connectivity index (χ0v) is 80.2. The molecule has 4 aromatic carbocycles. The second kappa shape index (κ2) is 79.2. The predicted molar refractivity (Wildman–Crippen MR) is 525 cm³/mol. The van der Waals surface area contributed by atoms with Crippen LogP contribution in [0.4, 0.5) is 0 Å². The molecule has 1 nitrogen and oxygen atoms in total. The third-order valence-corrected chi connectivity index (χ3v) is 31.7. The van der Waals surface area contributed by atoms with E-state index >= 15 is 0 Å². The van der Waals surface area contributed by atoms with Crippen LogP contribution in [0, 0.1) is 0 Å². The van der Waals surface area contributed by atoms with Crippen LogP contribution in [0.1, 0.15) is 516 Å². The molecule has 0 unspecified atom stereocenters. The van der Waals surface area contributed by atoms with Crippen molar-refractivity contribution in [1.82, 2.24) is 0 Å². The number of rotatable bonds is 88. The van der Waals surface area contributed by atoms with Crippen LogP contribution >= 0.6 is 70.6 Å². The first kappa shape index (κ1) is 104. The molecule has 0 radical (unpaired) electrons. The summed E-state index contributed by atoms with van der Waals surface area (Å²) in [6, 6.07) is 16.5. The molecule has 112 heavy (non-hydrogen) atoms. The molecule has 0 fully saturated rings. The Morgan fingerprint density at radius 2 is 0.241 bits per heavy atom. The van der Waals surface area contributed by atoms with Crippen molar-refractivity contribution in [2.75, 3.05) is 41.1 Å². The fourth-order valence-corrected chi connectivity index (χ4v) is 23.9. The quantitative estimate of drug-likeness (QED) is 0.0267. The molecule has 4 rings (SSSR count). The Bertz CT molecular complexity index is 2610. The lowest BCUT2D eigenvalue weighted by Gasteiger charge is -2.20. The maximum Gasteiger partial charge on any atom is 0.0431 e. The summed E-state index contributed by atoms with van der Waals surface area (Å²) in [6.07, 6.45) is 105. The molecule has 0 aliphatic rings. The first-order valence-electron chi connectivity index (χ1n) is 50.5. The fourth-order valence-electron chi connectivity index (χ4n) is 17.0. The van der Waals surface area contributed by atoms with Crippen LogP contribution < -0.4 is 0 Å². The fraction of sp³-hybridized carbons (Fsp3) is 0.829. The molecular formula is C105H186OS6. The van der Waals surface area contributed by atoms with Crippen molar-refractivity contribution in [3.05, 3.63) is 36.4 Å². The maximum atomic E-state index is 9.63. The number of hydrogen-bond acceptors (Lipinski definition) is 7. The lowest BCUT2D eigenvalue weighted by molar-refractivity contribution is 0.282. The van der Waals surface area contributed by atoms with E-state index in [1.807, 2.05) is 0 Å². The van der Waals surface area contributed by atoms with E-state index in [-0.39, 0.29) is 0 Å². The molecule has 648 valence electrons. The van der Waals surface area contributed by atoms with Crippen LogP contribution in [-0.2, 0) is 0 Å². The minimum atomic E-state index is 0.327. The third-order valence-electron chi connectivity index (χ3n) is 24.5. The average molecular weight is 1660 g/mol. The van der Waals surface area contributed by atoms with Gasteiger partial charge in [-0.1, -0.05) is 471 Å². The molecule has 0 heterocycles. The number of benzene rings is 4. The van der Waals surface area contributed by atoms with Crippen LogP contribution in [0.15, 0.2) is 65.8 Å². The molecule has 0 aromatic heterocycles. The van der Waals surface area contributed by atoms with Gasteiger partial charge in [-0.2, -0.15) is 0 Å². The van der Waals surface area contributed by atoms with Crippen molar-refractivity contribution in [3.8, 4) is 0 Å². The predicted octanol–water partition coefficient (Wildman–Crippen LogP) is 40.0. The van der Waals surface area contributed by atoms with Crippen LogP contribution in [0.2, 0.25) is 0 Å². The molecule has 0 saturated heterocycles. The second-order valence-corrected chi connectivity index (χ2v) is 41.9. The Kier molecular flexibility index (Phi) is 73.6. The van der Waals surface area contributed by atoms with E-state index in [2.05, 4.69) is 142 Å². The van der Waals surface area contributed by atoms with E-state index in [9.17, 15) is 5.11 Å². The summed E-state index contributed by atoms with van der Waals surface area (Å²) in [5.41, 5.74) is 0. The third kappa shape index (κ3) is 54.9. The van der Waals surface area contributed by atoms with Crippen LogP contribution in [0.5, 0.6) is 0 Å². The van der Waals surface area contributed by atoms with E-state index in [0.29, 0.717) is 6.61 Å². The lowest BCUT2D eigenvalue weighted by Crippen LogP contribution is -1.94. The summed E-state index contributed by atoms with van der Waals surface area (Å²) < 4.78 is 0. The van der Waals surface area contributed by atoms with Gasteiger partial charge in [0, 0.05) is 36.0 Å². The van der Waals surface area contributed by atoms with Gasteiger partial charge in [0.2, 0.25) is 0 Å². The molecule has 0 atom stereocenters. The zero-order chi connectivity index (χ0) is 79.4. The monoisotopic (exact) mass is 1660 g/mol. The Hall–Kier alpha value is -0.280. The van der Waals surface area contributed by atoms with Crippen LogP contribution in [0.25, 0.3) is 32.3 Å². The second-order valence-electron chi connectivity index (χ2n) is 35.1. The number of unbranched alkanes of at least 4 members (excludes halogenated alkanes) is 69. The largest absolute Gasteiger partial charge is 0.396 e. The molecule has 7 heteroatoms. The van der Waals surface area contributed by atoms with Gasteiger partial charge in [-0.15, -0.1) is 70.6 Å². The van der Waals surface area contributed by atoms with Crippen molar-refractivity contribution in [2.24, 2.45) is 0 Å². The maximum absolute atomic E-state index is 9.63. The number of fused-ring (bicyclic) bond motifs is 6. The highest BCUT2D eigenvalue weighted by Gasteiger charge is 2.20. The van der Waals surface area contributed by atoms with Gasteiger partial charge >= 0.3 is 0 Å². The summed E-state index contributed by atoms with van der Waals surface area (Å²) in [7, 11) is 0. The zero-order valence-electron chi connectivity index (χ0n) is 75.3. The highest BCUT2D eigenvalue weighted by molar-refractivity contribution is 8.03. The summed E-state index contributed by atoms with van der Waals surface area (Å²) >= 11 is 13.2. The Balaban J connectivity index is 1.70. The average Bonchev–Trinajstić information content (AvgIpc) is 0.727. The van der Waals surface area contributed by atoms with Gasteiger partial charge in [0.1, 0.15) is 0 Å². The van der Waals surface area contributed by atoms with Crippen molar-refractivity contribution < 1.29 is 5.11 Å². The standard InChI is InChI=1S/C105H186OS6/c1-6-11-16-21-26-31-36-41-46-51-56-61-68-75-82-107-100-88-94-95-89-101(108-83-76-69-62-57-52-47-42-37-32-27-22-17-12-7-2)103(110-85-78-71-64-59-54-49-44-39-34-29-24-19-14-9-4)91-97(95)99-93-105(112-87-80-73-66-67-74-81-106)104(111-86-79-72-65-60-55-50-45-40-35-30-25-20-15-10-5)92-98(99)96(94)90-102(100)109-84-77-70-63-58-53-48-43-38-33-28-23-18-13-8-3/h88-93,106H,6-87H2,1-5H3. The Morgan fingerprint density at radius 1 is 0.143 bits per heavy atom. The number of thioether (sulfide) groups is 6. The van der Waals surface area contributed by atoms with E-state index in [1.165, 1.54) is 545 Å². The van der Waals surface area contributed by atoms with Crippen molar-refractivity contribution >= 4 is 103 Å². The van der Waals surface area contributed by atoms with Crippen molar-refractivity contribution in [2.45, 2.75) is 546 Å². The van der Waals surface area contributed by atoms with Gasteiger partial charge in [0.05, 0.1) is 0 Å². The molecule has 0 amide bonds. The molecule has 0 aliphatic carbocycles. The van der Waals surface area contributed by atoms with Gasteiger partial charge in [0.25, 0.3) is 0 Å². The summed E-state index contributed by atoms with van der Waals surface area (Å²) in [6.45, 7) is 12.0. The molecule has 0 bridgehead atoms. The highest BCUT2D eigenvalue weighted by atomic mass is 32.2. The number of aliphatic hydroxyl groups is 1. The first-order chi connectivity index (χ1) is 55.6. The lowest BCUT2D eigenvalue weighted by atomic mass is 9.94. The van der Waals surface area contributed by atoms with E-state index < -0.39 is 0 Å². The van der Waals surface area contributed by atoms with Gasteiger partial charge in [-0.3, -0.25) is 0 Å². The number of aliphatic hydroxyl groups excluding tert-OH is 1. The molecule has 0 spiro atoms. The topological polar surface area (TPSA) is 20.2 Å². The smallest absolute Gasteiger partial charge is 0.0431 e. The van der Waals surface area contributed by atoms with Crippen molar-refractivity contribution in [1.29, 1.82) is 0 Å². The van der Waals surface area contributed by atoms with Gasteiger partial charge < -0.3 is 5.11 Å². The van der Waals surface area contributed by atoms with Crippen LogP contribution in [-0.4, -0.2) is 46.2 Å². The summed E-state index contributed by atoms with van der Waals surface area (Å²) in [4.78, 5) is 9.29. The van der Waals surface area contributed by atoms with E-state index in [1.54, 1.807) is 19.6 Å². The summed E-state index contributed by atoms with van der Waals surface area (Å²) in [5, 5.41) is 18.7. The van der Waals surface area contributed by atoms with Gasteiger partial charge in [-0.05, 0) is 148 Å². The molecule has 1 N–H and O–H groups in total. The minimum absolute atomic E-state index is 0.327. The van der Waals surface area contributed by atoms with Gasteiger partial charge in [0.15, 0.2) is 0 Å². The van der Waals surface area contributed by atoms with Gasteiger partial charge in [-0.25, -0.2) is 0 Å². The number of hydrogen-bond donors (Lipinski definition) is 1. The van der Waals surface area contributed by atoms with Crippen LogP contribution in [0.3, 0.4) is 0 Å². The highest BCUT2D eigenvalue weighted by Crippen LogP contribution is 2.48. The summed E-state index contributed by atoms with van der Waals surface area (Å²) in [5.74, 6) is 7.28.